The van der Waals surface area contributed by atoms with Crippen LogP contribution in [0.1, 0.15) is 30.0 Å². The van der Waals surface area contributed by atoms with Gasteiger partial charge in [0.2, 0.25) is 0 Å². The summed E-state index contributed by atoms with van der Waals surface area (Å²) in [7, 11) is 0. The van der Waals surface area contributed by atoms with E-state index in [1.165, 1.54) is 18.4 Å². The summed E-state index contributed by atoms with van der Waals surface area (Å²) < 4.78 is 0. The zero-order chi connectivity index (χ0) is 12.5. The van der Waals surface area contributed by atoms with E-state index in [0.717, 1.165) is 37.7 Å². The SMILES string of the molecule is Cc1ccc(O)c([C@H](C2CC2)N2CCNCC2)c1.Cl.Cl. The lowest BCUT2D eigenvalue weighted by Crippen LogP contribution is -2.45. The Morgan fingerprint density at radius 3 is 2.45 bits per heavy atom. The van der Waals surface area contributed by atoms with Gasteiger partial charge in [0, 0.05) is 37.8 Å². The number of halogens is 2. The Kier molecular flexibility index (Phi) is 6.59. The van der Waals surface area contributed by atoms with E-state index in [1.807, 2.05) is 12.1 Å². The van der Waals surface area contributed by atoms with Gasteiger partial charge in [-0.25, -0.2) is 0 Å². The summed E-state index contributed by atoms with van der Waals surface area (Å²) in [6.45, 7) is 6.42. The summed E-state index contributed by atoms with van der Waals surface area (Å²) in [5.74, 6) is 1.21. The van der Waals surface area contributed by atoms with E-state index in [9.17, 15) is 5.11 Å². The zero-order valence-corrected chi connectivity index (χ0v) is 13.5. The predicted octanol–water partition coefficient (Wildman–Crippen LogP) is 2.90. The molecule has 1 aromatic rings. The van der Waals surface area contributed by atoms with Gasteiger partial charge in [-0.15, -0.1) is 24.8 Å². The first-order valence-electron chi connectivity index (χ1n) is 7.00. The number of hydrogen-bond donors (Lipinski definition) is 2. The molecule has 0 amide bonds. The van der Waals surface area contributed by atoms with E-state index in [-0.39, 0.29) is 24.8 Å². The Hall–Kier alpha value is -0.480. The fraction of sp³-hybridized carbons (Fsp3) is 0.600. The maximum atomic E-state index is 10.2. The number of benzene rings is 1. The summed E-state index contributed by atoms with van der Waals surface area (Å²) >= 11 is 0. The van der Waals surface area contributed by atoms with Crippen LogP contribution in [0, 0.1) is 12.8 Å². The van der Waals surface area contributed by atoms with Gasteiger partial charge in [0.05, 0.1) is 0 Å². The molecule has 1 aliphatic carbocycles. The molecule has 0 bridgehead atoms. The number of piperazine rings is 1. The first kappa shape index (κ1) is 17.6. The molecule has 1 saturated carbocycles. The second-order valence-corrected chi connectivity index (χ2v) is 5.63. The normalized spacial score (nSPS) is 20.6. The van der Waals surface area contributed by atoms with Crippen LogP contribution in [0.4, 0.5) is 0 Å². The number of phenols is 1. The van der Waals surface area contributed by atoms with Crippen LogP contribution in [0.2, 0.25) is 0 Å². The van der Waals surface area contributed by atoms with Gasteiger partial charge >= 0.3 is 0 Å². The van der Waals surface area contributed by atoms with Crippen molar-refractivity contribution >= 4 is 24.8 Å². The number of hydrogen-bond acceptors (Lipinski definition) is 3. The molecule has 1 aliphatic heterocycles. The minimum absolute atomic E-state index is 0. The summed E-state index contributed by atoms with van der Waals surface area (Å²) in [5, 5.41) is 13.6. The van der Waals surface area contributed by atoms with E-state index >= 15 is 0 Å². The summed E-state index contributed by atoms with van der Waals surface area (Å²) in [4.78, 5) is 2.54. The van der Waals surface area contributed by atoms with Gasteiger partial charge in [0.15, 0.2) is 0 Å². The largest absolute Gasteiger partial charge is 0.508 e. The van der Waals surface area contributed by atoms with Crippen molar-refractivity contribution in [3.63, 3.8) is 0 Å². The summed E-state index contributed by atoms with van der Waals surface area (Å²) in [5.41, 5.74) is 2.38. The first-order valence-corrected chi connectivity index (χ1v) is 7.00. The van der Waals surface area contributed by atoms with E-state index in [2.05, 4.69) is 23.2 Å². The number of rotatable bonds is 3. The number of nitrogens with zero attached hydrogens (tertiary/aromatic N) is 1. The van der Waals surface area contributed by atoms with Gasteiger partial charge in [-0.3, -0.25) is 4.90 Å². The Bertz CT molecular complexity index is 432. The Labute approximate surface area is 133 Å². The first-order chi connectivity index (χ1) is 8.75. The molecule has 0 unspecified atom stereocenters. The summed E-state index contributed by atoms with van der Waals surface area (Å²) in [6, 6.07) is 6.43. The van der Waals surface area contributed by atoms with Crippen molar-refractivity contribution in [2.75, 3.05) is 26.2 Å². The molecular weight excluding hydrogens is 295 g/mol. The molecule has 1 atom stereocenters. The van der Waals surface area contributed by atoms with Crippen LogP contribution in [-0.4, -0.2) is 36.2 Å². The van der Waals surface area contributed by atoms with Crippen molar-refractivity contribution in [1.29, 1.82) is 0 Å². The Morgan fingerprint density at radius 1 is 1.20 bits per heavy atom. The van der Waals surface area contributed by atoms with E-state index in [4.69, 9.17) is 0 Å². The molecule has 0 spiro atoms. The monoisotopic (exact) mass is 318 g/mol. The van der Waals surface area contributed by atoms with Gasteiger partial charge in [0.25, 0.3) is 0 Å². The minimum atomic E-state index is 0. The van der Waals surface area contributed by atoms with Gasteiger partial charge in [-0.05, 0) is 31.7 Å². The van der Waals surface area contributed by atoms with Gasteiger partial charge in [-0.2, -0.15) is 0 Å². The highest BCUT2D eigenvalue weighted by molar-refractivity contribution is 5.85. The number of aromatic hydroxyl groups is 1. The average molecular weight is 319 g/mol. The quantitative estimate of drug-likeness (QED) is 0.899. The average Bonchev–Trinajstić information content (AvgIpc) is 3.20. The van der Waals surface area contributed by atoms with Crippen LogP contribution < -0.4 is 5.32 Å². The molecule has 2 N–H and O–H groups in total. The third kappa shape index (κ3) is 3.79. The van der Waals surface area contributed by atoms with Gasteiger partial charge < -0.3 is 10.4 Å². The second kappa shape index (κ2) is 7.51. The van der Waals surface area contributed by atoms with Crippen molar-refractivity contribution in [3.8, 4) is 5.75 Å². The van der Waals surface area contributed by atoms with Crippen molar-refractivity contribution in [1.82, 2.24) is 10.2 Å². The van der Waals surface area contributed by atoms with Crippen molar-refractivity contribution in [2.24, 2.45) is 5.92 Å². The smallest absolute Gasteiger partial charge is 0.120 e. The molecule has 3 nitrogen and oxygen atoms in total. The molecule has 20 heavy (non-hydrogen) atoms. The van der Waals surface area contributed by atoms with Crippen LogP contribution in [0.3, 0.4) is 0 Å². The van der Waals surface area contributed by atoms with Gasteiger partial charge in [-0.1, -0.05) is 17.7 Å². The van der Waals surface area contributed by atoms with Crippen LogP contribution in [-0.2, 0) is 0 Å². The van der Waals surface area contributed by atoms with Crippen molar-refractivity contribution in [2.45, 2.75) is 25.8 Å². The summed E-state index contributed by atoms with van der Waals surface area (Å²) in [6.07, 6.45) is 2.62. The predicted molar refractivity (Wildman–Crippen MR) is 87.2 cm³/mol. The highest BCUT2D eigenvalue weighted by Crippen LogP contribution is 2.46. The molecule has 5 heteroatoms. The van der Waals surface area contributed by atoms with Crippen LogP contribution >= 0.6 is 24.8 Å². The third-order valence-corrected chi connectivity index (χ3v) is 4.12. The van der Waals surface area contributed by atoms with E-state index in [0.29, 0.717) is 11.8 Å². The maximum absolute atomic E-state index is 10.2. The fourth-order valence-electron chi connectivity index (χ4n) is 3.03. The topological polar surface area (TPSA) is 35.5 Å². The molecule has 0 radical (unpaired) electrons. The molecule has 1 aromatic carbocycles. The number of phenolic OH excluding ortho intramolecular Hbond substituents is 1. The fourth-order valence-corrected chi connectivity index (χ4v) is 3.03. The highest BCUT2D eigenvalue weighted by atomic mass is 35.5. The number of aryl methyl sites for hydroxylation is 1. The second-order valence-electron chi connectivity index (χ2n) is 5.63. The molecule has 1 heterocycles. The van der Waals surface area contributed by atoms with Gasteiger partial charge in [0.1, 0.15) is 5.75 Å². The highest BCUT2D eigenvalue weighted by Gasteiger charge is 2.37. The Balaban J connectivity index is 0.000001000. The molecule has 1 saturated heterocycles. The lowest BCUT2D eigenvalue weighted by Gasteiger charge is -2.35. The van der Waals surface area contributed by atoms with Crippen LogP contribution in [0.15, 0.2) is 18.2 Å². The lowest BCUT2D eigenvalue weighted by molar-refractivity contribution is 0.153. The third-order valence-electron chi connectivity index (χ3n) is 4.12. The minimum Gasteiger partial charge on any atom is -0.508 e. The van der Waals surface area contributed by atoms with E-state index < -0.39 is 0 Å². The number of nitrogens with one attached hydrogen (secondary N) is 1. The Morgan fingerprint density at radius 2 is 1.85 bits per heavy atom. The molecule has 2 fully saturated rings. The zero-order valence-electron chi connectivity index (χ0n) is 11.8. The van der Waals surface area contributed by atoms with Crippen molar-refractivity contribution < 1.29 is 5.11 Å². The van der Waals surface area contributed by atoms with Crippen LogP contribution in [0.25, 0.3) is 0 Å². The lowest BCUT2D eigenvalue weighted by atomic mass is 9.97. The standard InChI is InChI=1S/C15H22N2O.2ClH/c1-11-2-5-14(18)13(10-11)15(12-3-4-12)17-8-6-16-7-9-17;;/h2,5,10,12,15-16,18H,3-4,6-9H2,1H3;2*1H/t15-;;/m0../s1. The van der Waals surface area contributed by atoms with E-state index in [1.54, 1.807) is 0 Å². The van der Waals surface area contributed by atoms with Crippen molar-refractivity contribution in [3.05, 3.63) is 29.3 Å². The molecule has 3 rings (SSSR count). The molecule has 2 aliphatic rings. The molecular formula is C15H24Cl2N2O. The molecule has 0 aromatic heterocycles. The molecule has 114 valence electrons. The van der Waals surface area contributed by atoms with Crippen LogP contribution in [0.5, 0.6) is 5.75 Å². The maximum Gasteiger partial charge on any atom is 0.120 e.